The molecule has 0 bridgehead atoms. The third-order valence-corrected chi connectivity index (χ3v) is 3.44. The lowest BCUT2D eigenvalue weighted by Crippen LogP contribution is -2.04. The molecule has 0 aromatic heterocycles. The Bertz CT molecular complexity index is 608. The number of ether oxygens (including phenoxy) is 1. The van der Waals surface area contributed by atoms with E-state index in [9.17, 15) is 13.2 Å². The van der Waals surface area contributed by atoms with Gasteiger partial charge in [-0.2, -0.15) is 13.2 Å². The van der Waals surface area contributed by atoms with Gasteiger partial charge in [0.1, 0.15) is 11.5 Å². The van der Waals surface area contributed by atoms with E-state index in [0.717, 1.165) is 24.1 Å². The summed E-state index contributed by atoms with van der Waals surface area (Å²) in [6.45, 7) is 2.68. The Morgan fingerprint density at radius 3 is 2.32 bits per heavy atom. The van der Waals surface area contributed by atoms with Crippen LogP contribution >= 0.6 is 0 Å². The highest BCUT2D eigenvalue weighted by molar-refractivity contribution is 5.36. The molecule has 0 aliphatic heterocycles. The van der Waals surface area contributed by atoms with E-state index in [2.05, 4.69) is 6.92 Å². The number of halogens is 3. The fourth-order valence-corrected chi connectivity index (χ4v) is 2.15. The van der Waals surface area contributed by atoms with Gasteiger partial charge in [-0.15, -0.1) is 0 Å². The van der Waals surface area contributed by atoms with Crippen LogP contribution in [0.2, 0.25) is 0 Å². The predicted molar refractivity (Wildman–Crippen MR) is 80.0 cm³/mol. The van der Waals surface area contributed by atoms with E-state index in [0.29, 0.717) is 24.0 Å². The van der Waals surface area contributed by atoms with Crippen LogP contribution in [0.4, 0.5) is 13.2 Å². The Labute approximate surface area is 127 Å². The average Bonchev–Trinajstić information content (AvgIpc) is 2.47. The zero-order valence-corrected chi connectivity index (χ0v) is 12.2. The van der Waals surface area contributed by atoms with Crippen molar-refractivity contribution in [1.82, 2.24) is 0 Å². The van der Waals surface area contributed by atoms with Crippen molar-refractivity contribution in [1.29, 1.82) is 0 Å². The first-order valence-electron chi connectivity index (χ1n) is 7.05. The van der Waals surface area contributed by atoms with Crippen LogP contribution in [0, 0.1) is 0 Å². The maximum Gasteiger partial charge on any atom is 0.416 e. The van der Waals surface area contributed by atoms with Gasteiger partial charge in [-0.25, -0.2) is 0 Å². The van der Waals surface area contributed by atoms with Gasteiger partial charge in [-0.1, -0.05) is 19.1 Å². The molecule has 0 spiro atoms. The van der Waals surface area contributed by atoms with E-state index in [4.69, 9.17) is 10.5 Å². The SMILES string of the molecule is CC(CCN)c1cccc(Oc2ccc(C(F)(F)F)cc2)c1. The topological polar surface area (TPSA) is 35.2 Å². The zero-order valence-electron chi connectivity index (χ0n) is 12.2. The minimum atomic E-state index is -4.34. The minimum Gasteiger partial charge on any atom is -0.457 e. The third-order valence-electron chi connectivity index (χ3n) is 3.44. The Balaban J connectivity index is 2.12. The molecule has 2 N–H and O–H groups in total. The monoisotopic (exact) mass is 309 g/mol. The molecule has 0 saturated heterocycles. The Morgan fingerprint density at radius 1 is 1.05 bits per heavy atom. The van der Waals surface area contributed by atoms with E-state index < -0.39 is 11.7 Å². The molecule has 1 atom stereocenters. The summed E-state index contributed by atoms with van der Waals surface area (Å²) in [4.78, 5) is 0. The highest BCUT2D eigenvalue weighted by Gasteiger charge is 2.30. The van der Waals surface area contributed by atoms with E-state index >= 15 is 0 Å². The summed E-state index contributed by atoms with van der Waals surface area (Å²) in [5.41, 5.74) is 5.96. The lowest BCUT2D eigenvalue weighted by Gasteiger charge is -2.13. The van der Waals surface area contributed by atoms with E-state index in [1.807, 2.05) is 18.2 Å². The highest BCUT2D eigenvalue weighted by atomic mass is 19.4. The van der Waals surface area contributed by atoms with Crippen molar-refractivity contribution in [2.45, 2.75) is 25.4 Å². The van der Waals surface area contributed by atoms with Gasteiger partial charge < -0.3 is 10.5 Å². The summed E-state index contributed by atoms with van der Waals surface area (Å²) in [5, 5.41) is 0. The van der Waals surface area contributed by atoms with Crippen LogP contribution in [-0.2, 0) is 6.18 Å². The molecule has 5 heteroatoms. The van der Waals surface area contributed by atoms with Crippen LogP contribution in [0.15, 0.2) is 48.5 Å². The molecule has 2 nitrogen and oxygen atoms in total. The first-order valence-corrected chi connectivity index (χ1v) is 7.05. The normalized spacial score (nSPS) is 13.0. The second-order valence-corrected chi connectivity index (χ2v) is 5.18. The van der Waals surface area contributed by atoms with Crippen molar-refractivity contribution in [3.05, 3.63) is 59.7 Å². The number of hydrogen-bond donors (Lipinski definition) is 1. The lowest BCUT2D eigenvalue weighted by molar-refractivity contribution is -0.137. The van der Waals surface area contributed by atoms with Gasteiger partial charge in [0.05, 0.1) is 5.56 Å². The zero-order chi connectivity index (χ0) is 16.2. The van der Waals surface area contributed by atoms with Crippen LogP contribution in [0.1, 0.15) is 30.4 Å². The lowest BCUT2D eigenvalue weighted by atomic mass is 9.98. The fourth-order valence-electron chi connectivity index (χ4n) is 2.15. The number of alkyl halides is 3. The molecule has 0 radical (unpaired) electrons. The number of rotatable bonds is 5. The molecule has 2 aromatic rings. The number of benzene rings is 2. The van der Waals surface area contributed by atoms with Crippen molar-refractivity contribution >= 4 is 0 Å². The van der Waals surface area contributed by atoms with Crippen LogP contribution in [0.25, 0.3) is 0 Å². The molecular weight excluding hydrogens is 291 g/mol. The second-order valence-electron chi connectivity index (χ2n) is 5.18. The van der Waals surface area contributed by atoms with Crippen LogP contribution in [0.3, 0.4) is 0 Å². The summed E-state index contributed by atoms with van der Waals surface area (Å²) in [6.07, 6.45) is -3.47. The van der Waals surface area contributed by atoms with Crippen molar-refractivity contribution in [3.63, 3.8) is 0 Å². The summed E-state index contributed by atoms with van der Waals surface area (Å²) in [5.74, 6) is 1.28. The van der Waals surface area contributed by atoms with Gasteiger partial charge >= 0.3 is 6.18 Å². The first-order chi connectivity index (χ1) is 10.4. The van der Waals surface area contributed by atoms with Crippen LogP contribution in [0.5, 0.6) is 11.5 Å². The molecule has 1 unspecified atom stereocenters. The summed E-state index contributed by atoms with van der Waals surface area (Å²) < 4.78 is 43.1. The smallest absolute Gasteiger partial charge is 0.416 e. The van der Waals surface area contributed by atoms with Gasteiger partial charge in [0, 0.05) is 0 Å². The fraction of sp³-hybridized carbons (Fsp3) is 0.294. The van der Waals surface area contributed by atoms with Crippen molar-refractivity contribution in [2.24, 2.45) is 5.73 Å². The minimum absolute atomic E-state index is 0.307. The molecule has 0 aliphatic carbocycles. The molecule has 0 saturated carbocycles. The molecule has 22 heavy (non-hydrogen) atoms. The van der Waals surface area contributed by atoms with Gasteiger partial charge in [-0.05, 0) is 60.8 Å². The highest BCUT2D eigenvalue weighted by Crippen LogP contribution is 2.32. The molecule has 118 valence electrons. The summed E-state index contributed by atoms with van der Waals surface area (Å²) >= 11 is 0. The van der Waals surface area contributed by atoms with E-state index in [1.165, 1.54) is 12.1 Å². The van der Waals surface area contributed by atoms with E-state index in [1.54, 1.807) is 6.07 Å². The Morgan fingerprint density at radius 2 is 1.73 bits per heavy atom. The summed E-state index contributed by atoms with van der Waals surface area (Å²) in [6, 6.07) is 12.2. The Hall–Kier alpha value is -2.01. The molecule has 0 aliphatic rings. The molecule has 2 rings (SSSR count). The molecular formula is C17H18F3NO. The standard InChI is InChI=1S/C17H18F3NO/c1-12(9-10-21)13-3-2-4-16(11-13)22-15-7-5-14(6-8-15)17(18,19)20/h2-8,11-12H,9-10,21H2,1H3. The van der Waals surface area contributed by atoms with Crippen molar-refractivity contribution < 1.29 is 17.9 Å². The largest absolute Gasteiger partial charge is 0.457 e. The molecule has 2 aromatic carbocycles. The molecule has 0 fully saturated rings. The second kappa shape index (κ2) is 6.83. The van der Waals surface area contributed by atoms with Gasteiger partial charge in [0.15, 0.2) is 0 Å². The Kier molecular flexibility index (Phi) is 5.08. The van der Waals surface area contributed by atoms with Gasteiger partial charge in [0.25, 0.3) is 0 Å². The summed E-state index contributed by atoms with van der Waals surface area (Å²) in [7, 11) is 0. The quantitative estimate of drug-likeness (QED) is 0.848. The number of hydrogen-bond acceptors (Lipinski definition) is 2. The van der Waals surface area contributed by atoms with Gasteiger partial charge in [0.2, 0.25) is 0 Å². The maximum absolute atomic E-state index is 12.5. The maximum atomic E-state index is 12.5. The van der Waals surface area contributed by atoms with Crippen LogP contribution in [-0.4, -0.2) is 6.54 Å². The van der Waals surface area contributed by atoms with Gasteiger partial charge in [-0.3, -0.25) is 0 Å². The average molecular weight is 309 g/mol. The van der Waals surface area contributed by atoms with Crippen molar-refractivity contribution in [2.75, 3.05) is 6.54 Å². The predicted octanol–water partition coefficient (Wildman–Crippen LogP) is 4.95. The molecule has 0 amide bonds. The van der Waals surface area contributed by atoms with Crippen molar-refractivity contribution in [3.8, 4) is 11.5 Å². The first kappa shape index (κ1) is 16.4. The third kappa shape index (κ3) is 4.24. The molecule has 0 heterocycles. The van der Waals surface area contributed by atoms with Crippen LogP contribution < -0.4 is 10.5 Å². The van der Waals surface area contributed by atoms with E-state index in [-0.39, 0.29) is 0 Å². The number of nitrogens with two attached hydrogens (primary N) is 1.